The molecule has 0 aliphatic rings. The van der Waals surface area contributed by atoms with Gasteiger partial charge in [-0.3, -0.25) is 9.67 Å². The Kier molecular flexibility index (Phi) is 7.77. The molecule has 0 aliphatic heterocycles. The van der Waals surface area contributed by atoms with Gasteiger partial charge >= 0.3 is 0 Å². The van der Waals surface area contributed by atoms with Gasteiger partial charge in [-0.2, -0.15) is 5.10 Å². The topological polar surface area (TPSA) is 54.2 Å². The Bertz CT molecular complexity index is 395. The molecule has 114 valence electrons. The van der Waals surface area contributed by atoms with Crippen LogP contribution in [0, 0.1) is 5.92 Å². The summed E-state index contributed by atoms with van der Waals surface area (Å²) in [5.41, 5.74) is 1.28. The maximum absolute atomic E-state index is 4.60. The summed E-state index contributed by atoms with van der Waals surface area (Å²) in [7, 11) is 1.95. The van der Waals surface area contributed by atoms with Crippen LogP contribution in [0.5, 0.6) is 0 Å². The molecule has 0 unspecified atom stereocenters. The number of rotatable bonds is 8. The SMILES string of the molecule is CCNC(=NCCCc1cnn(C)c1)NCCC(C)C. The fraction of sp³-hybridized carbons (Fsp3) is 0.733. The van der Waals surface area contributed by atoms with Crippen LogP contribution in [0.2, 0.25) is 0 Å². The highest BCUT2D eigenvalue weighted by atomic mass is 15.2. The van der Waals surface area contributed by atoms with Crippen LogP contribution >= 0.6 is 0 Å². The molecular formula is C15H29N5. The Morgan fingerprint density at radius 2 is 2.20 bits per heavy atom. The van der Waals surface area contributed by atoms with E-state index in [1.165, 1.54) is 12.0 Å². The van der Waals surface area contributed by atoms with Crippen molar-refractivity contribution in [3.05, 3.63) is 18.0 Å². The second-order valence-electron chi connectivity index (χ2n) is 5.50. The summed E-state index contributed by atoms with van der Waals surface area (Å²) < 4.78 is 1.84. The zero-order valence-corrected chi connectivity index (χ0v) is 13.3. The van der Waals surface area contributed by atoms with E-state index in [2.05, 4.69) is 47.7 Å². The summed E-state index contributed by atoms with van der Waals surface area (Å²) in [6, 6.07) is 0. The van der Waals surface area contributed by atoms with Crippen molar-refractivity contribution in [2.45, 2.75) is 40.0 Å². The Morgan fingerprint density at radius 1 is 1.40 bits per heavy atom. The number of hydrogen-bond acceptors (Lipinski definition) is 2. The zero-order chi connectivity index (χ0) is 14.8. The predicted molar refractivity (Wildman–Crippen MR) is 85.0 cm³/mol. The quantitative estimate of drug-likeness (QED) is 0.434. The number of aliphatic imine (C=N–C) groups is 1. The third kappa shape index (κ3) is 7.16. The highest BCUT2D eigenvalue weighted by molar-refractivity contribution is 5.79. The van der Waals surface area contributed by atoms with Crippen molar-refractivity contribution < 1.29 is 0 Å². The fourth-order valence-electron chi connectivity index (χ4n) is 1.90. The summed E-state index contributed by atoms with van der Waals surface area (Å²) in [5, 5.41) is 10.8. The molecule has 0 atom stereocenters. The number of aryl methyl sites for hydroxylation is 2. The molecule has 1 heterocycles. The molecule has 1 rings (SSSR count). The number of guanidine groups is 1. The molecule has 2 N–H and O–H groups in total. The summed E-state index contributed by atoms with van der Waals surface area (Å²) >= 11 is 0. The van der Waals surface area contributed by atoms with Crippen LogP contribution < -0.4 is 10.6 Å². The molecule has 5 nitrogen and oxygen atoms in total. The van der Waals surface area contributed by atoms with E-state index in [1.54, 1.807) is 0 Å². The van der Waals surface area contributed by atoms with Crippen LogP contribution in [0.15, 0.2) is 17.4 Å². The van der Waals surface area contributed by atoms with E-state index in [0.29, 0.717) is 0 Å². The second kappa shape index (κ2) is 9.39. The molecule has 0 fully saturated rings. The van der Waals surface area contributed by atoms with Crippen LogP contribution in [-0.4, -0.2) is 35.4 Å². The van der Waals surface area contributed by atoms with Gasteiger partial charge in [0.2, 0.25) is 0 Å². The van der Waals surface area contributed by atoms with E-state index in [0.717, 1.165) is 44.4 Å². The number of nitrogens with one attached hydrogen (secondary N) is 2. The van der Waals surface area contributed by atoms with Crippen molar-refractivity contribution in [2.24, 2.45) is 18.0 Å². The molecular weight excluding hydrogens is 250 g/mol. The maximum atomic E-state index is 4.60. The van der Waals surface area contributed by atoms with Gasteiger partial charge in [0, 0.05) is 32.9 Å². The van der Waals surface area contributed by atoms with Gasteiger partial charge in [-0.05, 0) is 37.7 Å². The third-order valence-corrected chi connectivity index (χ3v) is 3.01. The predicted octanol–water partition coefficient (Wildman–Crippen LogP) is 1.95. The van der Waals surface area contributed by atoms with Crippen molar-refractivity contribution in [1.29, 1.82) is 0 Å². The average Bonchev–Trinajstić information content (AvgIpc) is 2.80. The van der Waals surface area contributed by atoms with Crippen LogP contribution in [0.3, 0.4) is 0 Å². The number of aromatic nitrogens is 2. The summed E-state index contributed by atoms with van der Waals surface area (Å²) in [6.45, 7) is 9.28. The minimum absolute atomic E-state index is 0.718. The molecule has 0 aromatic carbocycles. The van der Waals surface area contributed by atoms with E-state index < -0.39 is 0 Å². The number of hydrogen-bond donors (Lipinski definition) is 2. The summed E-state index contributed by atoms with van der Waals surface area (Å²) in [5.74, 6) is 1.65. The van der Waals surface area contributed by atoms with Gasteiger partial charge in [0.1, 0.15) is 0 Å². The lowest BCUT2D eigenvalue weighted by molar-refractivity contribution is 0.573. The smallest absolute Gasteiger partial charge is 0.191 e. The molecule has 1 aromatic heterocycles. The minimum atomic E-state index is 0.718. The summed E-state index contributed by atoms with van der Waals surface area (Å²) in [6.07, 6.45) is 7.24. The van der Waals surface area contributed by atoms with Gasteiger partial charge in [-0.15, -0.1) is 0 Å². The molecule has 0 radical (unpaired) electrons. The van der Waals surface area contributed by atoms with E-state index in [1.807, 2.05) is 17.9 Å². The highest BCUT2D eigenvalue weighted by Crippen LogP contribution is 2.01. The van der Waals surface area contributed by atoms with Gasteiger partial charge < -0.3 is 10.6 Å². The number of nitrogens with zero attached hydrogens (tertiary/aromatic N) is 3. The second-order valence-corrected chi connectivity index (χ2v) is 5.50. The molecule has 20 heavy (non-hydrogen) atoms. The molecule has 1 aromatic rings. The first-order chi connectivity index (χ1) is 9.61. The largest absolute Gasteiger partial charge is 0.357 e. The Balaban J connectivity index is 2.27. The van der Waals surface area contributed by atoms with E-state index in [4.69, 9.17) is 0 Å². The third-order valence-electron chi connectivity index (χ3n) is 3.01. The van der Waals surface area contributed by atoms with E-state index >= 15 is 0 Å². The zero-order valence-electron chi connectivity index (χ0n) is 13.3. The summed E-state index contributed by atoms with van der Waals surface area (Å²) in [4.78, 5) is 4.60. The first-order valence-corrected chi connectivity index (χ1v) is 7.61. The van der Waals surface area contributed by atoms with Gasteiger partial charge in [-0.25, -0.2) is 0 Å². The van der Waals surface area contributed by atoms with Gasteiger partial charge in [0.05, 0.1) is 6.20 Å². The van der Waals surface area contributed by atoms with Crippen LogP contribution in [0.1, 0.15) is 39.2 Å². The van der Waals surface area contributed by atoms with Crippen molar-refractivity contribution >= 4 is 5.96 Å². The van der Waals surface area contributed by atoms with Gasteiger partial charge in [-0.1, -0.05) is 13.8 Å². The van der Waals surface area contributed by atoms with Gasteiger partial charge in [0.25, 0.3) is 0 Å². The maximum Gasteiger partial charge on any atom is 0.191 e. The van der Waals surface area contributed by atoms with Crippen LogP contribution in [0.25, 0.3) is 0 Å². The Morgan fingerprint density at radius 3 is 2.80 bits per heavy atom. The molecule has 0 saturated carbocycles. The van der Waals surface area contributed by atoms with Crippen molar-refractivity contribution in [3.8, 4) is 0 Å². The molecule has 0 saturated heterocycles. The van der Waals surface area contributed by atoms with Crippen LogP contribution in [-0.2, 0) is 13.5 Å². The lowest BCUT2D eigenvalue weighted by Gasteiger charge is -2.12. The Hall–Kier alpha value is -1.52. The molecule has 0 spiro atoms. The molecule has 0 amide bonds. The Labute approximate surface area is 122 Å². The normalized spacial score (nSPS) is 11.9. The highest BCUT2D eigenvalue weighted by Gasteiger charge is 1.99. The first kappa shape index (κ1) is 16.5. The monoisotopic (exact) mass is 279 g/mol. The van der Waals surface area contributed by atoms with Gasteiger partial charge in [0.15, 0.2) is 5.96 Å². The van der Waals surface area contributed by atoms with E-state index in [9.17, 15) is 0 Å². The van der Waals surface area contributed by atoms with Crippen molar-refractivity contribution in [2.75, 3.05) is 19.6 Å². The lowest BCUT2D eigenvalue weighted by Crippen LogP contribution is -2.38. The standard InChI is InChI=1S/C15H29N5/c1-5-16-15(18-10-8-13(2)3)17-9-6-7-14-11-19-20(4)12-14/h11-13H,5-10H2,1-4H3,(H2,16,17,18). The first-order valence-electron chi connectivity index (χ1n) is 7.61. The molecule has 5 heteroatoms. The fourth-order valence-corrected chi connectivity index (χ4v) is 1.90. The lowest BCUT2D eigenvalue weighted by atomic mass is 10.1. The van der Waals surface area contributed by atoms with Crippen molar-refractivity contribution in [3.63, 3.8) is 0 Å². The van der Waals surface area contributed by atoms with Crippen molar-refractivity contribution in [1.82, 2.24) is 20.4 Å². The average molecular weight is 279 g/mol. The minimum Gasteiger partial charge on any atom is -0.357 e. The van der Waals surface area contributed by atoms with Crippen LogP contribution in [0.4, 0.5) is 0 Å². The molecule has 0 aliphatic carbocycles. The molecule has 0 bridgehead atoms. The van der Waals surface area contributed by atoms with E-state index in [-0.39, 0.29) is 0 Å².